The van der Waals surface area contributed by atoms with Crippen LogP contribution >= 0.6 is 24.8 Å². The summed E-state index contributed by atoms with van der Waals surface area (Å²) in [5.74, 6) is 1.26. The zero-order valence-electron chi connectivity index (χ0n) is 17.3. The maximum atomic E-state index is 12.7. The molecule has 0 aromatic heterocycles. The zero-order chi connectivity index (χ0) is 18.5. The topological polar surface area (TPSA) is 38.8 Å². The smallest absolute Gasteiger partial charge is 0.236 e. The molecule has 0 radical (unpaired) electrons. The van der Waals surface area contributed by atoms with Gasteiger partial charge in [-0.15, -0.1) is 24.8 Å². The molecule has 2 saturated heterocycles. The summed E-state index contributed by atoms with van der Waals surface area (Å²) in [4.78, 5) is 19.6. The summed E-state index contributed by atoms with van der Waals surface area (Å²) < 4.78 is 0. The Hall–Kier alpha value is -0.850. The van der Waals surface area contributed by atoms with Crippen molar-refractivity contribution in [1.82, 2.24) is 20.0 Å². The number of carbonyl (C=O) groups is 1. The van der Waals surface area contributed by atoms with Crippen LogP contribution in [0.3, 0.4) is 0 Å². The molecule has 0 spiro atoms. The third-order valence-corrected chi connectivity index (χ3v) is 6.31. The average Bonchev–Trinajstić information content (AvgIpc) is 3.54. The fraction of sp³-hybridized carbons (Fsp3) is 0.682. The molecule has 1 saturated carbocycles. The number of hydrogen-bond acceptors (Lipinski definition) is 4. The van der Waals surface area contributed by atoms with Gasteiger partial charge in [0, 0.05) is 51.9 Å². The highest BCUT2D eigenvalue weighted by molar-refractivity contribution is 5.85. The van der Waals surface area contributed by atoms with Crippen molar-refractivity contribution in [2.75, 3.05) is 52.4 Å². The molecule has 7 heteroatoms. The first-order chi connectivity index (χ1) is 13.3. The molecular formula is C22H36Cl2N4O. The van der Waals surface area contributed by atoms with Crippen LogP contribution in [0.15, 0.2) is 30.3 Å². The van der Waals surface area contributed by atoms with Crippen molar-refractivity contribution in [2.24, 2.45) is 5.92 Å². The molecule has 0 bridgehead atoms. The maximum absolute atomic E-state index is 12.7. The molecule has 0 unspecified atom stereocenters. The predicted octanol–water partition coefficient (Wildman–Crippen LogP) is 2.64. The van der Waals surface area contributed by atoms with E-state index in [1.165, 1.54) is 24.9 Å². The van der Waals surface area contributed by atoms with Crippen molar-refractivity contribution in [3.8, 4) is 0 Å². The fourth-order valence-corrected chi connectivity index (χ4v) is 4.23. The Balaban J connectivity index is 0.00000150. The van der Waals surface area contributed by atoms with Crippen LogP contribution in [0.2, 0.25) is 0 Å². The molecule has 4 rings (SSSR count). The van der Waals surface area contributed by atoms with Crippen molar-refractivity contribution in [1.29, 1.82) is 0 Å². The summed E-state index contributed by atoms with van der Waals surface area (Å²) in [5.41, 5.74) is 1.38. The minimum absolute atomic E-state index is 0. The lowest BCUT2D eigenvalue weighted by atomic mass is 10.0. The number of amides is 1. The standard InChI is InChI=1S/C22H34N4O.2ClH/c27-22(26-10-8-21(9-11-26)23-16-19-6-7-19)18-25-14-12-24(13-15-25)17-20-4-2-1-3-5-20;;/h1-5,19,21,23H,6-18H2;2*1H. The van der Waals surface area contributed by atoms with Crippen LogP contribution in [0.1, 0.15) is 31.2 Å². The minimum atomic E-state index is 0. The van der Waals surface area contributed by atoms with Crippen molar-refractivity contribution in [2.45, 2.75) is 38.3 Å². The van der Waals surface area contributed by atoms with Gasteiger partial charge in [0.05, 0.1) is 6.54 Å². The summed E-state index contributed by atoms with van der Waals surface area (Å²) >= 11 is 0. The van der Waals surface area contributed by atoms with Crippen LogP contribution in [0.25, 0.3) is 0 Å². The molecule has 1 aromatic carbocycles. The minimum Gasteiger partial charge on any atom is -0.341 e. The Morgan fingerprint density at radius 3 is 2.10 bits per heavy atom. The number of benzene rings is 1. The number of nitrogens with zero attached hydrogens (tertiary/aromatic N) is 3. The predicted molar refractivity (Wildman–Crippen MR) is 123 cm³/mol. The van der Waals surface area contributed by atoms with E-state index in [2.05, 4.69) is 50.3 Å². The molecule has 1 N–H and O–H groups in total. The number of carbonyl (C=O) groups excluding carboxylic acids is 1. The van der Waals surface area contributed by atoms with E-state index in [0.717, 1.165) is 64.6 Å². The number of hydrogen-bond donors (Lipinski definition) is 1. The summed E-state index contributed by atoms with van der Waals surface area (Å²) in [6.07, 6.45) is 5.04. The molecule has 1 amide bonds. The van der Waals surface area contributed by atoms with Crippen molar-refractivity contribution in [3.05, 3.63) is 35.9 Å². The SMILES string of the molecule is Cl.Cl.O=C(CN1CCN(Cc2ccccc2)CC1)N1CCC(NCC2CC2)CC1. The van der Waals surface area contributed by atoms with Gasteiger partial charge in [0.2, 0.25) is 5.91 Å². The van der Waals surface area contributed by atoms with E-state index in [1.54, 1.807) is 0 Å². The van der Waals surface area contributed by atoms with E-state index >= 15 is 0 Å². The van der Waals surface area contributed by atoms with Gasteiger partial charge >= 0.3 is 0 Å². The van der Waals surface area contributed by atoms with Gasteiger partial charge in [-0.1, -0.05) is 30.3 Å². The lowest BCUT2D eigenvalue weighted by Crippen LogP contribution is -2.52. The number of nitrogens with one attached hydrogen (secondary N) is 1. The Labute approximate surface area is 188 Å². The average molecular weight is 443 g/mol. The molecule has 2 heterocycles. The summed E-state index contributed by atoms with van der Waals surface area (Å²) in [7, 11) is 0. The Morgan fingerprint density at radius 1 is 0.862 bits per heavy atom. The second-order valence-corrected chi connectivity index (χ2v) is 8.54. The highest BCUT2D eigenvalue weighted by Crippen LogP contribution is 2.28. The van der Waals surface area contributed by atoms with Gasteiger partial charge in [-0.2, -0.15) is 0 Å². The van der Waals surface area contributed by atoms with E-state index in [0.29, 0.717) is 18.5 Å². The first-order valence-corrected chi connectivity index (χ1v) is 10.8. The Bertz CT molecular complexity index is 598. The van der Waals surface area contributed by atoms with Crippen molar-refractivity contribution < 1.29 is 4.79 Å². The number of rotatable bonds is 7. The van der Waals surface area contributed by atoms with E-state index in [4.69, 9.17) is 0 Å². The molecule has 1 aliphatic carbocycles. The molecule has 164 valence electrons. The fourth-order valence-electron chi connectivity index (χ4n) is 4.23. The van der Waals surface area contributed by atoms with E-state index < -0.39 is 0 Å². The normalized spacial score (nSPS) is 21.3. The van der Waals surface area contributed by atoms with Crippen LogP contribution in [-0.4, -0.2) is 79.0 Å². The molecule has 1 aromatic rings. The van der Waals surface area contributed by atoms with Crippen LogP contribution in [-0.2, 0) is 11.3 Å². The highest BCUT2D eigenvalue weighted by atomic mass is 35.5. The summed E-state index contributed by atoms with van der Waals surface area (Å²) in [6, 6.07) is 11.3. The summed E-state index contributed by atoms with van der Waals surface area (Å²) in [6.45, 7) is 8.75. The van der Waals surface area contributed by atoms with Crippen molar-refractivity contribution >= 4 is 30.7 Å². The van der Waals surface area contributed by atoms with Crippen LogP contribution < -0.4 is 5.32 Å². The van der Waals surface area contributed by atoms with E-state index in [-0.39, 0.29) is 24.8 Å². The van der Waals surface area contributed by atoms with Gasteiger partial charge in [-0.05, 0) is 43.7 Å². The van der Waals surface area contributed by atoms with Gasteiger partial charge in [-0.25, -0.2) is 0 Å². The largest absolute Gasteiger partial charge is 0.341 e. The van der Waals surface area contributed by atoms with Crippen LogP contribution in [0.5, 0.6) is 0 Å². The molecule has 3 fully saturated rings. The second-order valence-electron chi connectivity index (χ2n) is 8.54. The quantitative estimate of drug-likeness (QED) is 0.704. The first kappa shape index (κ1) is 24.4. The summed E-state index contributed by atoms with van der Waals surface area (Å²) in [5, 5.41) is 3.70. The highest BCUT2D eigenvalue weighted by Gasteiger charge is 2.27. The lowest BCUT2D eigenvalue weighted by Gasteiger charge is -2.37. The van der Waals surface area contributed by atoms with E-state index in [9.17, 15) is 4.79 Å². The van der Waals surface area contributed by atoms with Gasteiger partial charge in [-0.3, -0.25) is 14.6 Å². The molecular weight excluding hydrogens is 407 g/mol. The molecule has 2 aliphatic heterocycles. The first-order valence-electron chi connectivity index (χ1n) is 10.8. The molecule has 5 nitrogen and oxygen atoms in total. The Morgan fingerprint density at radius 2 is 1.48 bits per heavy atom. The second kappa shape index (κ2) is 12.1. The van der Waals surface area contributed by atoms with Crippen LogP contribution in [0, 0.1) is 5.92 Å². The third kappa shape index (κ3) is 7.72. The number of piperazine rings is 1. The molecule has 3 aliphatic rings. The van der Waals surface area contributed by atoms with Gasteiger partial charge < -0.3 is 10.2 Å². The zero-order valence-corrected chi connectivity index (χ0v) is 18.9. The lowest BCUT2D eigenvalue weighted by molar-refractivity contribution is -0.134. The van der Waals surface area contributed by atoms with Gasteiger partial charge in [0.1, 0.15) is 0 Å². The number of halogens is 2. The van der Waals surface area contributed by atoms with Gasteiger partial charge in [0.25, 0.3) is 0 Å². The number of piperidine rings is 1. The maximum Gasteiger partial charge on any atom is 0.236 e. The third-order valence-electron chi connectivity index (χ3n) is 6.31. The Kier molecular flexibility index (Phi) is 10.2. The molecule has 0 atom stereocenters. The molecule has 29 heavy (non-hydrogen) atoms. The van der Waals surface area contributed by atoms with Crippen molar-refractivity contribution in [3.63, 3.8) is 0 Å². The van der Waals surface area contributed by atoms with Gasteiger partial charge in [0.15, 0.2) is 0 Å². The number of likely N-dealkylation sites (tertiary alicyclic amines) is 1. The van der Waals surface area contributed by atoms with E-state index in [1.807, 2.05) is 0 Å². The van der Waals surface area contributed by atoms with Crippen LogP contribution in [0.4, 0.5) is 0 Å². The monoisotopic (exact) mass is 442 g/mol.